The second kappa shape index (κ2) is 5.74. The van der Waals surface area contributed by atoms with Crippen molar-refractivity contribution in [2.45, 2.75) is 19.9 Å². The molecule has 0 fully saturated rings. The number of carbonyl (C=O) groups is 2. The van der Waals surface area contributed by atoms with Gasteiger partial charge in [-0.25, -0.2) is 9.78 Å². The molecule has 0 aliphatic carbocycles. The molecule has 1 aromatic heterocycles. The predicted octanol–water partition coefficient (Wildman–Crippen LogP) is 0.468. The molecule has 21 heavy (non-hydrogen) atoms. The Morgan fingerprint density at radius 1 is 1.38 bits per heavy atom. The standard InChI is InChI=1S/C14H15N3O4/c1-8-12(13(18)16-9(2)14(19)21-3)17(20)11-7-5-4-6-10(11)15-8/h4-7,9H,1-3H3,(H,16,18). The van der Waals surface area contributed by atoms with E-state index in [0.717, 1.165) is 0 Å². The first kappa shape index (κ1) is 14.7. The number of nitrogens with one attached hydrogen (secondary N) is 1. The number of aryl methyl sites for hydroxylation is 1. The molecule has 1 unspecified atom stereocenters. The third-order valence-electron chi connectivity index (χ3n) is 3.05. The van der Waals surface area contributed by atoms with Crippen molar-refractivity contribution < 1.29 is 19.1 Å². The Hall–Kier alpha value is -2.70. The van der Waals surface area contributed by atoms with Crippen LogP contribution >= 0.6 is 0 Å². The third-order valence-corrected chi connectivity index (χ3v) is 3.05. The molecular weight excluding hydrogens is 274 g/mol. The van der Waals surface area contributed by atoms with E-state index in [1.807, 2.05) is 0 Å². The third kappa shape index (κ3) is 2.76. The van der Waals surface area contributed by atoms with Gasteiger partial charge in [-0.15, -0.1) is 0 Å². The molecule has 2 aromatic rings. The SMILES string of the molecule is COC(=O)C(C)NC(=O)c1c(C)nc2ccccc2[n+]1[O-]. The fourth-order valence-electron chi connectivity index (χ4n) is 1.99. The Kier molecular flexibility index (Phi) is 4.02. The number of hydrogen-bond acceptors (Lipinski definition) is 5. The lowest BCUT2D eigenvalue weighted by Crippen LogP contribution is -2.46. The Morgan fingerprint density at radius 2 is 2.05 bits per heavy atom. The van der Waals surface area contributed by atoms with Crippen molar-refractivity contribution in [3.8, 4) is 0 Å². The van der Waals surface area contributed by atoms with Gasteiger partial charge in [-0.05, 0) is 19.9 Å². The van der Waals surface area contributed by atoms with Gasteiger partial charge in [-0.1, -0.05) is 12.1 Å². The van der Waals surface area contributed by atoms with Crippen LogP contribution in [0.5, 0.6) is 0 Å². The molecule has 0 saturated heterocycles. The second-order valence-electron chi connectivity index (χ2n) is 4.55. The van der Waals surface area contributed by atoms with Gasteiger partial charge in [-0.3, -0.25) is 4.79 Å². The molecule has 1 atom stereocenters. The monoisotopic (exact) mass is 289 g/mol. The van der Waals surface area contributed by atoms with Crippen molar-refractivity contribution in [1.82, 2.24) is 10.3 Å². The van der Waals surface area contributed by atoms with Gasteiger partial charge in [0.25, 0.3) is 0 Å². The Morgan fingerprint density at radius 3 is 2.71 bits per heavy atom. The summed E-state index contributed by atoms with van der Waals surface area (Å²) < 4.78 is 5.05. The van der Waals surface area contributed by atoms with Gasteiger partial charge in [0.05, 0.1) is 7.11 Å². The van der Waals surface area contributed by atoms with Crippen LogP contribution in [0.1, 0.15) is 23.1 Å². The molecule has 1 aromatic carbocycles. The number of ether oxygens (including phenoxy) is 1. The Balaban J connectivity index is 2.42. The lowest BCUT2D eigenvalue weighted by molar-refractivity contribution is -0.580. The first-order valence-corrected chi connectivity index (χ1v) is 6.33. The van der Waals surface area contributed by atoms with Crippen molar-refractivity contribution in [1.29, 1.82) is 0 Å². The molecule has 2 rings (SSSR count). The van der Waals surface area contributed by atoms with Crippen molar-refractivity contribution in [3.05, 3.63) is 40.9 Å². The number of methoxy groups -OCH3 is 1. The van der Waals surface area contributed by atoms with Crippen molar-refractivity contribution in [2.24, 2.45) is 0 Å². The average Bonchev–Trinajstić information content (AvgIpc) is 2.46. The van der Waals surface area contributed by atoms with Gasteiger partial charge >= 0.3 is 17.6 Å². The summed E-state index contributed by atoms with van der Waals surface area (Å²) in [4.78, 5) is 27.7. The number of esters is 1. The molecule has 1 N–H and O–H groups in total. The van der Waals surface area contributed by atoms with E-state index in [9.17, 15) is 14.8 Å². The van der Waals surface area contributed by atoms with Crippen LogP contribution < -0.4 is 10.0 Å². The van der Waals surface area contributed by atoms with Crippen LogP contribution in [0.15, 0.2) is 24.3 Å². The highest BCUT2D eigenvalue weighted by Crippen LogP contribution is 2.10. The van der Waals surface area contributed by atoms with E-state index in [0.29, 0.717) is 21.5 Å². The number of fused-ring (bicyclic) bond motifs is 1. The fourth-order valence-corrected chi connectivity index (χ4v) is 1.99. The Bertz CT molecular complexity index is 715. The highest BCUT2D eigenvalue weighted by molar-refractivity contribution is 5.95. The van der Waals surface area contributed by atoms with E-state index in [1.54, 1.807) is 31.2 Å². The number of benzene rings is 1. The quantitative estimate of drug-likeness (QED) is 0.503. The number of rotatable bonds is 3. The van der Waals surface area contributed by atoms with Crippen LogP contribution in [0.4, 0.5) is 0 Å². The average molecular weight is 289 g/mol. The molecule has 0 radical (unpaired) electrons. The molecule has 0 aliphatic heterocycles. The molecular formula is C14H15N3O4. The minimum absolute atomic E-state index is 0.135. The number of hydrogen-bond donors (Lipinski definition) is 1. The molecule has 0 saturated carbocycles. The lowest BCUT2D eigenvalue weighted by atomic mass is 10.2. The van der Waals surface area contributed by atoms with Crippen molar-refractivity contribution in [3.63, 3.8) is 0 Å². The zero-order chi connectivity index (χ0) is 15.6. The highest BCUT2D eigenvalue weighted by atomic mass is 16.5. The normalized spacial score (nSPS) is 12.0. The van der Waals surface area contributed by atoms with Crippen LogP contribution in [-0.4, -0.2) is 30.0 Å². The molecule has 7 heteroatoms. The summed E-state index contributed by atoms with van der Waals surface area (Å²) in [7, 11) is 1.22. The number of amides is 1. The lowest BCUT2D eigenvalue weighted by Gasteiger charge is -2.13. The Labute approximate surface area is 121 Å². The van der Waals surface area contributed by atoms with Crippen LogP contribution in [0.25, 0.3) is 11.0 Å². The van der Waals surface area contributed by atoms with E-state index in [1.165, 1.54) is 14.0 Å². The van der Waals surface area contributed by atoms with Crippen LogP contribution in [0, 0.1) is 12.1 Å². The second-order valence-corrected chi connectivity index (χ2v) is 4.55. The summed E-state index contributed by atoms with van der Waals surface area (Å²) in [5, 5.41) is 14.7. The van der Waals surface area contributed by atoms with Gasteiger partial charge in [0.1, 0.15) is 17.3 Å². The maximum absolute atomic E-state index is 12.3. The highest BCUT2D eigenvalue weighted by Gasteiger charge is 2.26. The van der Waals surface area contributed by atoms with Crippen LogP contribution in [-0.2, 0) is 9.53 Å². The molecule has 0 bridgehead atoms. The summed E-state index contributed by atoms with van der Waals surface area (Å²) in [5.41, 5.74) is 0.948. The summed E-state index contributed by atoms with van der Waals surface area (Å²) in [6.07, 6.45) is 0. The van der Waals surface area contributed by atoms with Gasteiger partial charge in [0, 0.05) is 6.07 Å². The minimum atomic E-state index is -0.853. The van der Waals surface area contributed by atoms with Crippen molar-refractivity contribution in [2.75, 3.05) is 7.11 Å². The minimum Gasteiger partial charge on any atom is -0.618 e. The van der Waals surface area contributed by atoms with Gasteiger partial charge < -0.3 is 15.3 Å². The van der Waals surface area contributed by atoms with E-state index in [-0.39, 0.29) is 5.69 Å². The molecule has 0 aliphatic rings. The molecule has 1 amide bonds. The summed E-state index contributed by atoms with van der Waals surface area (Å²) in [6.45, 7) is 3.04. The zero-order valence-corrected chi connectivity index (χ0v) is 11.9. The molecule has 1 heterocycles. The summed E-state index contributed by atoms with van der Waals surface area (Å²) in [6, 6.07) is 5.86. The van der Waals surface area contributed by atoms with E-state index < -0.39 is 17.9 Å². The maximum Gasteiger partial charge on any atom is 0.328 e. The van der Waals surface area contributed by atoms with Crippen LogP contribution in [0.3, 0.4) is 0 Å². The van der Waals surface area contributed by atoms with E-state index in [4.69, 9.17) is 0 Å². The van der Waals surface area contributed by atoms with Gasteiger partial charge in [0.15, 0.2) is 0 Å². The van der Waals surface area contributed by atoms with E-state index in [2.05, 4.69) is 15.0 Å². The first-order chi connectivity index (χ1) is 9.95. The first-order valence-electron chi connectivity index (χ1n) is 6.33. The predicted molar refractivity (Wildman–Crippen MR) is 74.4 cm³/mol. The maximum atomic E-state index is 12.3. The molecule has 110 valence electrons. The number of carbonyl (C=O) groups excluding carboxylic acids is 2. The fraction of sp³-hybridized carbons (Fsp3) is 0.286. The largest absolute Gasteiger partial charge is 0.618 e. The summed E-state index contributed by atoms with van der Waals surface area (Å²) in [5.74, 6) is -1.26. The number of aromatic nitrogens is 2. The van der Waals surface area contributed by atoms with Gasteiger partial charge in [-0.2, -0.15) is 4.73 Å². The zero-order valence-electron chi connectivity index (χ0n) is 11.9. The molecule has 0 spiro atoms. The van der Waals surface area contributed by atoms with Crippen LogP contribution in [0.2, 0.25) is 0 Å². The number of nitrogens with zero attached hydrogens (tertiary/aromatic N) is 2. The summed E-state index contributed by atoms with van der Waals surface area (Å²) >= 11 is 0. The number of para-hydroxylation sites is 2. The van der Waals surface area contributed by atoms with E-state index >= 15 is 0 Å². The van der Waals surface area contributed by atoms with Crippen molar-refractivity contribution >= 4 is 22.9 Å². The van der Waals surface area contributed by atoms with Gasteiger partial charge in [0.2, 0.25) is 5.52 Å². The topological polar surface area (TPSA) is 95.2 Å². The molecule has 7 nitrogen and oxygen atoms in total. The smallest absolute Gasteiger partial charge is 0.328 e.